The summed E-state index contributed by atoms with van der Waals surface area (Å²) >= 11 is 0. The number of ether oxygens (including phenoxy) is 1. The number of hydrogen-bond acceptors (Lipinski definition) is 3. The van der Waals surface area contributed by atoms with Crippen molar-refractivity contribution in [3.8, 4) is 0 Å². The zero-order chi connectivity index (χ0) is 28.8. The molecule has 3 aromatic carbocycles. The molecule has 0 unspecified atom stereocenters. The molecule has 0 N–H and O–H groups in total. The van der Waals surface area contributed by atoms with Crippen molar-refractivity contribution in [3.63, 3.8) is 0 Å². The average Bonchev–Trinajstić information content (AvgIpc) is 2.90. The van der Waals surface area contributed by atoms with Gasteiger partial charge in [-0.2, -0.15) is 26.3 Å². The van der Waals surface area contributed by atoms with Crippen LogP contribution in [0.15, 0.2) is 78.9 Å². The van der Waals surface area contributed by atoms with E-state index in [1.807, 2.05) is 0 Å². The van der Waals surface area contributed by atoms with Gasteiger partial charge in [-0.3, -0.25) is 9.59 Å². The number of benzene rings is 3. The van der Waals surface area contributed by atoms with E-state index in [1.54, 1.807) is 67.6 Å². The molecule has 0 spiro atoms. The zero-order valence-corrected chi connectivity index (χ0v) is 21.2. The Morgan fingerprint density at radius 1 is 0.795 bits per heavy atom. The molecule has 39 heavy (non-hydrogen) atoms. The highest BCUT2D eigenvalue weighted by Crippen LogP contribution is 2.38. The molecule has 0 aromatic heterocycles. The number of esters is 1. The van der Waals surface area contributed by atoms with E-state index < -0.39 is 52.9 Å². The number of amides is 1. The van der Waals surface area contributed by atoms with Crippen LogP contribution in [0.1, 0.15) is 58.3 Å². The van der Waals surface area contributed by atoms with E-state index in [2.05, 4.69) is 0 Å². The van der Waals surface area contributed by atoms with Crippen molar-refractivity contribution < 1.29 is 40.7 Å². The van der Waals surface area contributed by atoms with Gasteiger partial charge in [0.15, 0.2) is 0 Å². The standard InChI is InChI=1S/C29H27F6NO3/c1-3-39-25(37)15-14-24(26(19-10-6-4-7-11-19)20-12-8-5-9-13-20)36(2)27(38)21-16-22(28(30,31)32)18-23(17-21)29(33,34)35/h4-13,16-18,24,26H,3,14-15H2,1-2H3/t24-/m1/s1. The summed E-state index contributed by atoms with van der Waals surface area (Å²) in [5.41, 5.74) is -2.44. The van der Waals surface area contributed by atoms with Crippen LogP contribution in [0, 0.1) is 0 Å². The lowest BCUT2D eigenvalue weighted by Gasteiger charge is -2.36. The van der Waals surface area contributed by atoms with Crippen LogP contribution in [0.25, 0.3) is 0 Å². The van der Waals surface area contributed by atoms with Gasteiger partial charge in [0.1, 0.15) is 0 Å². The van der Waals surface area contributed by atoms with Gasteiger partial charge in [-0.05, 0) is 42.7 Å². The summed E-state index contributed by atoms with van der Waals surface area (Å²) in [4.78, 5) is 26.9. The summed E-state index contributed by atoms with van der Waals surface area (Å²) in [6, 6.07) is 17.9. The van der Waals surface area contributed by atoms with Crippen LogP contribution < -0.4 is 0 Å². The molecule has 0 heterocycles. The Bertz CT molecular complexity index is 1190. The van der Waals surface area contributed by atoms with E-state index in [4.69, 9.17) is 4.74 Å². The lowest BCUT2D eigenvalue weighted by Crippen LogP contribution is -2.42. The molecule has 0 fully saturated rings. The van der Waals surface area contributed by atoms with E-state index in [9.17, 15) is 35.9 Å². The highest BCUT2D eigenvalue weighted by molar-refractivity contribution is 5.95. The largest absolute Gasteiger partial charge is 0.466 e. The summed E-state index contributed by atoms with van der Waals surface area (Å²) in [6.45, 7) is 1.76. The van der Waals surface area contributed by atoms with E-state index in [-0.39, 0.29) is 25.5 Å². The van der Waals surface area contributed by atoms with Crippen LogP contribution in [-0.2, 0) is 21.9 Å². The first-order valence-electron chi connectivity index (χ1n) is 12.1. The van der Waals surface area contributed by atoms with Gasteiger partial charge in [-0.25, -0.2) is 0 Å². The van der Waals surface area contributed by atoms with Gasteiger partial charge >= 0.3 is 18.3 Å². The van der Waals surface area contributed by atoms with E-state index >= 15 is 0 Å². The number of rotatable bonds is 9. The molecular formula is C29H27F6NO3. The first-order valence-corrected chi connectivity index (χ1v) is 12.1. The fourth-order valence-corrected chi connectivity index (χ4v) is 4.47. The van der Waals surface area contributed by atoms with E-state index in [1.165, 1.54) is 7.05 Å². The van der Waals surface area contributed by atoms with Crippen molar-refractivity contribution in [2.45, 2.75) is 44.1 Å². The first kappa shape index (κ1) is 29.7. The molecule has 4 nitrogen and oxygen atoms in total. The molecule has 0 bridgehead atoms. The fraction of sp³-hybridized carbons (Fsp3) is 0.310. The van der Waals surface area contributed by atoms with Gasteiger partial charge < -0.3 is 9.64 Å². The Kier molecular flexibility index (Phi) is 9.42. The molecule has 0 aliphatic rings. The Morgan fingerprint density at radius 2 is 1.26 bits per heavy atom. The minimum Gasteiger partial charge on any atom is -0.466 e. The lowest BCUT2D eigenvalue weighted by atomic mass is 9.82. The Labute approximate surface area is 222 Å². The third kappa shape index (κ3) is 7.61. The van der Waals surface area contributed by atoms with Crippen molar-refractivity contribution in [2.75, 3.05) is 13.7 Å². The SMILES string of the molecule is CCOC(=O)CC[C@H](C(c1ccccc1)c1ccccc1)N(C)C(=O)c1cc(C(F)(F)F)cc(C(F)(F)F)c1. The van der Waals surface area contributed by atoms with Crippen LogP contribution in [0.5, 0.6) is 0 Å². The number of hydrogen-bond donors (Lipinski definition) is 0. The normalized spacial score (nSPS) is 12.7. The number of carbonyl (C=O) groups is 2. The third-order valence-corrected chi connectivity index (χ3v) is 6.30. The fourth-order valence-electron chi connectivity index (χ4n) is 4.47. The van der Waals surface area contributed by atoms with Gasteiger partial charge in [0.2, 0.25) is 0 Å². The second-order valence-electron chi connectivity index (χ2n) is 8.92. The quantitative estimate of drug-likeness (QED) is 0.207. The molecule has 208 valence electrons. The van der Waals surface area contributed by atoms with Crippen LogP contribution in [0.2, 0.25) is 0 Å². The predicted molar refractivity (Wildman–Crippen MR) is 133 cm³/mol. The monoisotopic (exact) mass is 551 g/mol. The molecule has 0 saturated carbocycles. The number of likely N-dealkylation sites (N-methyl/N-ethyl adjacent to an activating group) is 1. The minimum atomic E-state index is -5.10. The summed E-state index contributed by atoms with van der Waals surface area (Å²) in [5.74, 6) is -2.14. The van der Waals surface area contributed by atoms with Crippen molar-refractivity contribution in [1.29, 1.82) is 0 Å². The molecule has 0 saturated heterocycles. The molecule has 1 amide bonds. The second-order valence-corrected chi connectivity index (χ2v) is 8.92. The second kappa shape index (κ2) is 12.4. The number of alkyl halides is 6. The highest BCUT2D eigenvalue weighted by Gasteiger charge is 2.39. The van der Waals surface area contributed by atoms with Crippen LogP contribution in [0.4, 0.5) is 26.3 Å². The molecule has 0 radical (unpaired) electrons. The molecule has 10 heteroatoms. The summed E-state index contributed by atoms with van der Waals surface area (Å²) in [6.07, 6.45) is -10.3. The number of nitrogens with zero attached hydrogens (tertiary/aromatic N) is 1. The summed E-state index contributed by atoms with van der Waals surface area (Å²) in [5, 5.41) is 0. The third-order valence-electron chi connectivity index (χ3n) is 6.30. The Hall–Kier alpha value is -3.82. The van der Waals surface area contributed by atoms with Gasteiger partial charge in [0.05, 0.1) is 17.7 Å². The Balaban J connectivity index is 2.12. The minimum absolute atomic E-state index is 0.0221. The molecule has 3 aromatic rings. The molecule has 3 rings (SSSR count). The zero-order valence-electron chi connectivity index (χ0n) is 21.2. The van der Waals surface area contributed by atoms with Crippen LogP contribution in [0.3, 0.4) is 0 Å². The van der Waals surface area contributed by atoms with Crippen molar-refractivity contribution in [3.05, 3.63) is 107 Å². The van der Waals surface area contributed by atoms with Crippen molar-refractivity contribution in [1.82, 2.24) is 4.90 Å². The Morgan fingerprint density at radius 3 is 1.67 bits per heavy atom. The van der Waals surface area contributed by atoms with Gasteiger partial charge in [0, 0.05) is 31.0 Å². The number of carbonyl (C=O) groups excluding carboxylic acids is 2. The van der Waals surface area contributed by atoms with Crippen LogP contribution >= 0.6 is 0 Å². The molecular weight excluding hydrogens is 524 g/mol. The topological polar surface area (TPSA) is 46.6 Å². The highest BCUT2D eigenvalue weighted by atomic mass is 19.4. The average molecular weight is 552 g/mol. The van der Waals surface area contributed by atoms with E-state index in [0.29, 0.717) is 12.1 Å². The first-order chi connectivity index (χ1) is 18.3. The van der Waals surface area contributed by atoms with E-state index in [0.717, 1.165) is 16.0 Å². The molecule has 0 aliphatic carbocycles. The van der Waals surface area contributed by atoms with Crippen molar-refractivity contribution >= 4 is 11.9 Å². The maximum Gasteiger partial charge on any atom is 0.416 e. The van der Waals surface area contributed by atoms with Crippen LogP contribution in [-0.4, -0.2) is 36.5 Å². The van der Waals surface area contributed by atoms with Crippen molar-refractivity contribution in [2.24, 2.45) is 0 Å². The van der Waals surface area contributed by atoms with Gasteiger partial charge in [-0.15, -0.1) is 0 Å². The maximum atomic E-state index is 13.6. The maximum absolute atomic E-state index is 13.6. The molecule has 1 atom stereocenters. The smallest absolute Gasteiger partial charge is 0.416 e. The van der Waals surface area contributed by atoms with Gasteiger partial charge in [0.25, 0.3) is 5.91 Å². The lowest BCUT2D eigenvalue weighted by molar-refractivity contribution is -0.144. The molecule has 0 aliphatic heterocycles. The predicted octanol–water partition coefficient (Wildman–Crippen LogP) is 7.34. The summed E-state index contributed by atoms with van der Waals surface area (Å²) in [7, 11) is 1.31. The summed E-state index contributed by atoms with van der Waals surface area (Å²) < 4.78 is 85.8. The van der Waals surface area contributed by atoms with Gasteiger partial charge in [-0.1, -0.05) is 60.7 Å². The number of halogens is 6.